The molecule has 0 aromatic heterocycles. The third kappa shape index (κ3) is 2.91. The molecule has 0 heterocycles. The van der Waals surface area contributed by atoms with Crippen molar-refractivity contribution >= 4 is 0 Å². The van der Waals surface area contributed by atoms with Crippen molar-refractivity contribution in [2.24, 2.45) is 5.73 Å². The van der Waals surface area contributed by atoms with Gasteiger partial charge in [0, 0.05) is 5.54 Å². The first kappa shape index (κ1) is 14.7. The highest BCUT2D eigenvalue weighted by molar-refractivity contribution is 5.41. The summed E-state index contributed by atoms with van der Waals surface area (Å²) in [7, 11) is 0. The lowest BCUT2D eigenvalue weighted by molar-refractivity contribution is 0.472. The number of benzene rings is 2. The highest BCUT2D eigenvalue weighted by Crippen LogP contribution is 2.28. The Bertz CT molecular complexity index is 629. The van der Waals surface area contributed by atoms with Crippen LogP contribution in [0, 0.1) is 26.6 Å². The van der Waals surface area contributed by atoms with Crippen molar-refractivity contribution in [1.29, 1.82) is 0 Å². The highest BCUT2D eigenvalue weighted by atomic mass is 19.1. The second-order valence-corrected chi connectivity index (χ2v) is 5.94. The first-order chi connectivity index (χ1) is 9.31. The molecule has 2 rings (SSSR count). The Morgan fingerprint density at radius 3 is 2.25 bits per heavy atom. The fourth-order valence-corrected chi connectivity index (χ4v) is 2.71. The van der Waals surface area contributed by atoms with Crippen LogP contribution >= 0.6 is 0 Å². The van der Waals surface area contributed by atoms with Gasteiger partial charge in [-0.15, -0.1) is 0 Å². The molecule has 0 saturated heterocycles. The van der Waals surface area contributed by atoms with Crippen molar-refractivity contribution in [1.82, 2.24) is 0 Å². The van der Waals surface area contributed by atoms with Gasteiger partial charge in [0.2, 0.25) is 0 Å². The van der Waals surface area contributed by atoms with Crippen LogP contribution in [0.3, 0.4) is 0 Å². The summed E-state index contributed by atoms with van der Waals surface area (Å²) >= 11 is 0. The van der Waals surface area contributed by atoms with Crippen LogP contribution in [0.5, 0.6) is 0 Å². The van der Waals surface area contributed by atoms with Gasteiger partial charge in [0.15, 0.2) is 0 Å². The lowest BCUT2D eigenvalue weighted by atomic mass is 9.82. The van der Waals surface area contributed by atoms with Gasteiger partial charge >= 0.3 is 0 Å². The number of aryl methyl sites for hydroxylation is 3. The van der Waals surface area contributed by atoms with Crippen molar-refractivity contribution in [3.8, 4) is 0 Å². The second-order valence-electron chi connectivity index (χ2n) is 5.94. The van der Waals surface area contributed by atoms with E-state index >= 15 is 0 Å². The molecule has 0 radical (unpaired) electrons. The molecule has 0 aliphatic carbocycles. The number of hydrogen-bond acceptors (Lipinski definition) is 1. The van der Waals surface area contributed by atoms with Crippen LogP contribution in [0.4, 0.5) is 4.39 Å². The van der Waals surface area contributed by atoms with Gasteiger partial charge in [-0.25, -0.2) is 4.39 Å². The molecule has 0 aliphatic rings. The summed E-state index contributed by atoms with van der Waals surface area (Å²) in [5.41, 5.74) is 11.3. The predicted molar refractivity (Wildman–Crippen MR) is 82.3 cm³/mol. The van der Waals surface area contributed by atoms with E-state index in [-0.39, 0.29) is 5.82 Å². The van der Waals surface area contributed by atoms with Crippen LogP contribution in [-0.2, 0) is 12.0 Å². The summed E-state index contributed by atoms with van der Waals surface area (Å²) in [6.45, 7) is 8.21. The van der Waals surface area contributed by atoms with E-state index in [1.54, 1.807) is 12.1 Å². The van der Waals surface area contributed by atoms with Crippen LogP contribution < -0.4 is 5.73 Å². The van der Waals surface area contributed by atoms with Crippen molar-refractivity contribution in [2.75, 3.05) is 0 Å². The highest BCUT2D eigenvalue weighted by Gasteiger charge is 2.25. The third-order valence-electron chi connectivity index (χ3n) is 3.97. The molecule has 0 bridgehead atoms. The van der Waals surface area contributed by atoms with Gasteiger partial charge in [0.1, 0.15) is 5.82 Å². The summed E-state index contributed by atoms with van der Waals surface area (Å²) in [6, 6.07) is 11.1. The van der Waals surface area contributed by atoms with E-state index in [1.807, 2.05) is 13.0 Å². The molecule has 0 fully saturated rings. The van der Waals surface area contributed by atoms with Gasteiger partial charge < -0.3 is 5.73 Å². The summed E-state index contributed by atoms with van der Waals surface area (Å²) in [4.78, 5) is 0. The molecule has 0 aliphatic heterocycles. The standard InChI is InChI=1S/C18H22FN/c1-12-9-14(3)16(10-13(12)2)18(4,20)11-15-7-5-6-8-17(15)19/h5-10H,11,20H2,1-4H3. The summed E-state index contributed by atoms with van der Waals surface area (Å²) < 4.78 is 13.8. The van der Waals surface area contributed by atoms with Crippen molar-refractivity contribution in [3.63, 3.8) is 0 Å². The minimum Gasteiger partial charge on any atom is -0.321 e. The Morgan fingerprint density at radius 2 is 1.60 bits per heavy atom. The Hall–Kier alpha value is -1.67. The van der Waals surface area contributed by atoms with E-state index in [0.717, 1.165) is 11.1 Å². The van der Waals surface area contributed by atoms with Crippen LogP contribution in [0.15, 0.2) is 36.4 Å². The summed E-state index contributed by atoms with van der Waals surface area (Å²) in [5, 5.41) is 0. The SMILES string of the molecule is Cc1cc(C)c(C(C)(N)Cc2ccccc2F)cc1C. The first-order valence-electron chi connectivity index (χ1n) is 6.92. The van der Waals surface area contributed by atoms with E-state index in [2.05, 4.69) is 32.9 Å². The van der Waals surface area contributed by atoms with Crippen LogP contribution in [0.1, 0.15) is 34.7 Å². The third-order valence-corrected chi connectivity index (χ3v) is 3.97. The van der Waals surface area contributed by atoms with Crippen molar-refractivity contribution in [2.45, 2.75) is 39.7 Å². The molecule has 20 heavy (non-hydrogen) atoms. The van der Waals surface area contributed by atoms with Crippen LogP contribution in [0.2, 0.25) is 0 Å². The van der Waals surface area contributed by atoms with E-state index in [1.165, 1.54) is 17.2 Å². The summed E-state index contributed by atoms with van der Waals surface area (Å²) in [5.74, 6) is -0.189. The molecule has 106 valence electrons. The second kappa shape index (κ2) is 5.37. The maximum atomic E-state index is 13.8. The largest absolute Gasteiger partial charge is 0.321 e. The van der Waals surface area contributed by atoms with E-state index in [4.69, 9.17) is 5.73 Å². The van der Waals surface area contributed by atoms with E-state index in [9.17, 15) is 4.39 Å². The van der Waals surface area contributed by atoms with Gasteiger partial charge in [-0.3, -0.25) is 0 Å². The minimum atomic E-state index is -0.579. The quantitative estimate of drug-likeness (QED) is 0.891. The number of halogens is 1. The monoisotopic (exact) mass is 271 g/mol. The smallest absolute Gasteiger partial charge is 0.126 e. The molecule has 1 atom stereocenters. The van der Waals surface area contributed by atoms with Gasteiger partial charge in [0.05, 0.1) is 0 Å². The molecule has 2 aromatic carbocycles. The van der Waals surface area contributed by atoms with Gasteiger partial charge in [-0.2, -0.15) is 0 Å². The molecule has 0 amide bonds. The van der Waals surface area contributed by atoms with Crippen molar-refractivity contribution in [3.05, 3.63) is 70.0 Å². The predicted octanol–water partition coefficient (Wildman–Crippen LogP) is 4.17. The molecule has 2 N–H and O–H groups in total. The van der Waals surface area contributed by atoms with Gasteiger partial charge in [-0.05, 0) is 68.0 Å². The number of nitrogens with two attached hydrogens (primary N) is 1. The topological polar surface area (TPSA) is 26.0 Å². The zero-order chi connectivity index (χ0) is 14.9. The molecule has 1 nitrogen and oxygen atoms in total. The number of rotatable bonds is 3. The molecule has 0 spiro atoms. The van der Waals surface area contributed by atoms with Gasteiger partial charge in [0.25, 0.3) is 0 Å². The normalized spacial score (nSPS) is 14.1. The fourth-order valence-electron chi connectivity index (χ4n) is 2.71. The lowest BCUT2D eigenvalue weighted by Crippen LogP contribution is -2.36. The zero-order valence-corrected chi connectivity index (χ0v) is 12.6. The number of hydrogen-bond donors (Lipinski definition) is 1. The molecule has 2 heteroatoms. The molecular formula is C18H22FN. The molecule has 0 saturated carbocycles. The average Bonchev–Trinajstić information content (AvgIpc) is 2.36. The Labute approximate surface area is 120 Å². The van der Waals surface area contributed by atoms with Crippen LogP contribution in [-0.4, -0.2) is 0 Å². The average molecular weight is 271 g/mol. The Balaban J connectivity index is 2.40. The minimum absolute atomic E-state index is 0.189. The zero-order valence-electron chi connectivity index (χ0n) is 12.6. The first-order valence-corrected chi connectivity index (χ1v) is 6.92. The maximum absolute atomic E-state index is 13.8. The lowest BCUT2D eigenvalue weighted by Gasteiger charge is -2.28. The Morgan fingerprint density at radius 1 is 1.00 bits per heavy atom. The maximum Gasteiger partial charge on any atom is 0.126 e. The molecular weight excluding hydrogens is 249 g/mol. The summed E-state index contributed by atoms with van der Waals surface area (Å²) in [6.07, 6.45) is 0.489. The van der Waals surface area contributed by atoms with Crippen LogP contribution in [0.25, 0.3) is 0 Å². The Kier molecular flexibility index (Phi) is 3.96. The fraction of sp³-hybridized carbons (Fsp3) is 0.333. The van der Waals surface area contributed by atoms with E-state index in [0.29, 0.717) is 12.0 Å². The molecule has 1 unspecified atom stereocenters. The van der Waals surface area contributed by atoms with Crippen molar-refractivity contribution < 1.29 is 4.39 Å². The van der Waals surface area contributed by atoms with Gasteiger partial charge in [-0.1, -0.05) is 30.3 Å². The molecule has 2 aromatic rings. The van der Waals surface area contributed by atoms with E-state index < -0.39 is 5.54 Å².